The SMILES string of the molecule is Cc1cc(C(F)(F)F)ccc1OC[C@@H](O)CN1CCN(c2ccccc2)CC1. The van der Waals surface area contributed by atoms with E-state index in [2.05, 4.69) is 21.9 Å². The zero-order valence-corrected chi connectivity index (χ0v) is 15.8. The fourth-order valence-corrected chi connectivity index (χ4v) is 3.35. The molecule has 1 N–H and O–H groups in total. The Balaban J connectivity index is 1.45. The van der Waals surface area contributed by atoms with E-state index >= 15 is 0 Å². The van der Waals surface area contributed by atoms with Crippen molar-refractivity contribution in [2.24, 2.45) is 0 Å². The maximum Gasteiger partial charge on any atom is 0.416 e. The van der Waals surface area contributed by atoms with E-state index in [0.717, 1.165) is 38.3 Å². The van der Waals surface area contributed by atoms with Gasteiger partial charge in [-0.25, -0.2) is 0 Å². The molecule has 7 heteroatoms. The van der Waals surface area contributed by atoms with Crippen molar-refractivity contribution in [2.75, 3.05) is 44.2 Å². The molecule has 1 aliphatic heterocycles. The number of rotatable bonds is 6. The molecule has 2 aromatic rings. The van der Waals surface area contributed by atoms with Gasteiger partial charge in [0.15, 0.2) is 0 Å². The van der Waals surface area contributed by atoms with Crippen LogP contribution in [-0.2, 0) is 6.18 Å². The van der Waals surface area contributed by atoms with Crippen molar-refractivity contribution in [1.82, 2.24) is 4.90 Å². The number of piperazine rings is 1. The highest BCUT2D eigenvalue weighted by atomic mass is 19.4. The van der Waals surface area contributed by atoms with E-state index in [0.29, 0.717) is 17.9 Å². The summed E-state index contributed by atoms with van der Waals surface area (Å²) in [5.74, 6) is 0.362. The van der Waals surface area contributed by atoms with E-state index in [1.165, 1.54) is 11.8 Å². The number of para-hydroxylation sites is 1. The molecule has 0 spiro atoms. The fraction of sp³-hybridized carbons (Fsp3) is 0.429. The van der Waals surface area contributed by atoms with Gasteiger partial charge in [-0.1, -0.05) is 18.2 Å². The van der Waals surface area contributed by atoms with Crippen molar-refractivity contribution in [1.29, 1.82) is 0 Å². The van der Waals surface area contributed by atoms with E-state index in [9.17, 15) is 18.3 Å². The Morgan fingerprint density at radius 1 is 1.04 bits per heavy atom. The second kappa shape index (κ2) is 8.84. The standard InChI is InChI=1S/C21H25F3N2O2/c1-16-13-17(21(22,23)24)7-8-20(16)28-15-19(27)14-25-9-11-26(12-10-25)18-5-3-2-4-6-18/h2-8,13,19,27H,9-12,14-15H2,1H3/t19-/m0/s1. The molecule has 1 heterocycles. The molecule has 0 aromatic heterocycles. The minimum absolute atomic E-state index is 0.0467. The molecule has 4 nitrogen and oxygen atoms in total. The summed E-state index contributed by atoms with van der Waals surface area (Å²) in [5.41, 5.74) is 0.900. The molecule has 1 fully saturated rings. The largest absolute Gasteiger partial charge is 0.491 e. The van der Waals surface area contributed by atoms with Gasteiger partial charge in [0.2, 0.25) is 0 Å². The second-order valence-corrected chi connectivity index (χ2v) is 7.07. The van der Waals surface area contributed by atoms with Gasteiger partial charge in [-0.2, -0.15) is 13.2 Å². The van der Waals surface area contributed by atoms with Crippen molar-refractivity contribution in [3.63, 3.8) is 0 Å². The Labute approximate surface area is 163 Å². The number of hydrogen-bond acceptors (Lipinski definition) is 4. The summed E-state index contributed by atoms with van der Waals surface area (Å²) in [5, 5.41) is 10.3. The third-order valence-electron chi connectivity index (χ3n) is 4.90. The molecule has 1 aliphatic rings. The number of ether oxygens (including phenoxy) is 1. The summed E-state index contributed by atoms with van der Waals surface area (Å²) in [6.07, 6.45) is -5.07. The van der Waals surface area contributed by atoms with Gasteiger partial charge >= 0.3 is 6.18 Å². The summed E-state index contributed by atoms with van der Waals surface area (Å²) < 4.78 is 43.7. The minimum atomic E-state index is -4.37. The molecule has 0 unspecified atom stereocenters. The van der Waals surface area contributed by atoms with Crippen LogP contribution in [0.1, 0.15) is 11.1 Å². The number of nitrogens with zero attached hydrogens (tertiary/aromatic N) is 2. The lowest BCUT2D eigenvalue weighted by molar-refractivity contribution is -0.137. The molecule has 1 saturated heterocycles. The molecule has 0 saturated carbocycles. The monoisotopic (exact) mass is 394 g/mol. The molecule has 3 rings (SSSR count). The van der Waals surface area contributed by atoms with Gasteiger partial charge < -0.3 is 14.7 Å². The fourth-order valence-electron chi connectivity index (χ4n) is 3.35. The maximum absolute atomic E-state index is 12.7. The molecule has 2 aromatic carbocycles. The van der Waals surface area contributed by atoms with Crippen LogP contribution < -0.4 is 9.64 Å². The number of β-amino-alcohol motifs (C(OH)–C–C–N with tert-alkyl or cyclic N) is 1. The predicted octanol–water partition coefficient (Wildman–Crippen LogP) is 3.58. The Morgan fingerprint density at radius 2 is 1.71 bits per heavy atom. The molecule has 0 bridgehead atoms. The number of benzene rings is 2. The Bertz CT molecular complexity index is 760. The average molecular weight is 394 g/mol. The highest BCUT2D eigenvalue weighted by molar-refractivity contribution is 5.46. The zero-order valence-electron chi connectivity index (χ0n) is 15.8. The first kappa shape index (κ1) is 20.5. The van der Waals surface area contributed by atoms with E-state index < -0.39 is 17.8 Å². The summed E-state index contributed by atoms with van der Waals surface area (Å²) in [7, 11) is 0. The average Bonchev–Trinajstić information content (AvgIpc) is 2.67. The van der Waals surface area contributed by atoms with Crippen molar-refractivity contribution in [3.05, 3.63) is 59.7 Å². The van der Waals surface area contributed by atoms with E-state index in [1.807, 2.05) is 18.2 Å². The highest BCUT2D eigenvalue weighted by Gasteiger charge is 2.30. The summed E-state index contributed by atoms with van der Waals surface area (Å²) in [4.78, 5) is 4.48. The van der Waals surface area contributed by atoms with Crippen molar-refractivity contribution < 1.29 is 23.0 Å². The van der Waals surface area contributed by atoms with Gasteiger partial charge in [-0.3, -0.25) is 4.90 Å². The number of anilines is 1. The lowest BCUT2D eigenvalue weighted by atomic mass is 10.1. The molecule has 0 amide bonds. The Morgan fingerprint density at radius 3 is 2.32 bits per heavy atom. The topological polar surface area (TPSA) is 35.9 Å². The molecule has 0 radical (unpaired) electrons. The van der Waals surface area contributed by atoms with Crippen LogP contribution in [0, 0.1) is 6.92 Å². The quantitative estimate of drug-likeness (QED) is 0.813. The third-order valence-corrected chi connectivity index (χ3v) is 4.90. The molecule has 28 heavy (non-hydrogen) atoms. The lowest BCUT2D eigenvalue weighted by Gasteiger charge is -2.36. The number of hydrogen-bond donors (Lipinski definition) is 1. The second-order valence-electron chi connectivity index (χ2n) is 7.07. The van der Waals surface area contributed by atoms with E-state index in [4.69, 9.17) is 4.74 Å². The molecule has 1 atom stereocenters. The van der Waals surface area contributed by atoms with Crippen LogP contribution in [0.2, 0.25) is 0 Å². The van der Waals surface area contributed by atoms with Gasteiger partial charge in [-0.05, 0) is 42.8 Å². The number of halogens is 3. The number of alkyl halides is 3. The maximum atomic E-state index is 12.7. The van der Waals surface area contributed by atoms with Crippen molar-refractivity contribution in [2.45, 2.75) is 19.2 Å². The third kappa shape index (κ3) is 5.39. The van der Waals surface area contributed by atoms with E-state index in [1.54, 1.807) is 6.92 Å². The summed E-state index contributed by atoms with van der Waals surface area (Å²) in [6.45, 7) is 5.54. The number of aliphatic hydroxyl groups excluding tert-OH is 1. The van der Waals surface area contributed by atoms with Crippen molar-refractivity contribution >= 4 is 5.69 Å². The first-order valence-corrected chi connectivity index (χ1v) is 9.34. The first-order chi connectivity index (χ1) is 13.3. The Hall–Kier alpha value is -2.25. The van der Waals surface area contributed by atoms with Crippen LogP contribution in [0.3, 0.4) is 0 Å². The highest BCUT2D eigenvalue weighted by Crippen LogP contribution is 2.32. The molecular formula is C21H25F3N2O2. The predicted molar refractivity (Wildman–Crippen MR) is 103 cm³/mol. The Kier molecular flexibility index (Phi) is 6.46. The van der Waals surface area contributed by atoms with Crippen LogP contribution >= 0.6 is 0 Å². The van der Waals surface area contributed by atoms with Crippen LogP contribution in [-0.4, -0.2) is 55.4 Å². The van der Waals surface area contributed by atoms with Gasteiger partial charge in [-0.15, -0.1) is 0 Å². The van der Waals surface area contributed by atoms with Gasteiger partial charge in [0.25, 0.3) is 0 Å². The van der Waals surface area contributed by atoms with Gasteiger partial charge in [0.05, 0.1) is 5.56 Å². The molecule has 0 aliphatic carbocycles. The smallest absolute Gasteiger partial charge is 0.416 e. The van der Waals surface area contributed by atoms with Crippen LogP contribution in [0.15, 0.2) is 48.5 Å². The summed E-state index contributed by atoms with van der Waals surface area (Å²) >= 11 is 0. The first-order valence-electron chi connectivity index (χ1n) is 9.34. The zero-order chi connectivity index (χ0) is 20.1. The van der Waals surface area contributed by atoms with Crippen molar-refractivity contribution in [3.8, 4) is 5.75 Å². The lowest BCUT2D eigenvalue weighted by Crippen LogP contribution is -2.49. The number of aryl methyl sites for hydroxylation is 1. The van der Waals surface area contributed by atoms with Gasteiger partial charge in [0, 0.05) is 38.4 Å². The summed E-state index contributed by atoms with van der Waals surface area (Å²) in [6, 6.07) is 13.6. The molecule has 152 valence electrons. The van der Waals surface area contributed by atoms with Crippen LogP contribution in [0.4, 0.5) is 18.9 Å². The van der Waals surface area contributed by atoms with Gasteiger partial charge in [0.1, 0.15) is 18.5 Å². The number of aliphatic hydroxyl groups is 1. The van der Waals surface area contributed by atoms with Crippen LogP contribution in [0.5, 0.6) is 5.75 Å². The normalized spacial score (nSPS) is 16.8. The van der Waals surface area contributed by atoms with Crippen LogP contribution in [0.25, 0.3) is 0 Å². The minimum Gasteiger partial charge on any atom is -0.491 e. The van der Waals surface area contributed by atoms with E-state index in [-0.39, 0.29) is 6.61 Å². The molecular weight excluding hydrogens is 369 g/mol.